The third kappa shape index (κ3) is 10.6. The Kier molecular flexibility index (Phi) is 14.4. The van der Waals surface area contributed by atoms with E-state index in [-0.39, 0.29) is 19.8 Å². The molecular weight excluding hydrogens is 584 g/mol. The molecule has 2 heterocycles. The minimum absolute atomic E-state index is 0.206. The molecule has 2 saturated heterocycles. The van der Waals surface area contributed by atoms with Crippen molar-refractivity contribution in [2.45, 2.75) is 104 Å². The summed E-state index contributed by atoms with van der Waals surface area (Å²) in [7, 11) is 0. The number of carbonyl (C=O) groups excluding carboxylic acids is 5. The van der Waals surface area contributed by atoms with Gasteiger partial charge in [-0.1, -0.05) is 13.8 Å². The first kappa shape index (κ1) is 35.7. The predicted octanol–water partition coefficient (Wildman–Crippen LogP) is 1.66. The molecule has 0 radical (unpaired) electrons. The average molecular weight is 625 g/mol. The van der Waals surface area contributed by atoms with E-state index >= 15 is 0 Å². The van der Waals surface area contributed by atoms with Gasteiger partial charge in [-0.15, -0.1) is 11.6 Å². The molecule has 2 aliphatic heterocycles. The fourth-order valence-electron chi connectivity index (χ4n) is 4.82. The summed E-state index contributed by atoms with van der Waals surface area (Å²) < 4.78 is 51.3. The van der Waals surface area contributed by atoms with Crippen LogP contribution in [0.15, 0.2) is 0 Å². The molecular formula is C27H41ClO14. The van der Waals surface area contributed by atoms with Crippen LogP contribution >= 0.6 is 11.6 Å². The van der Waals surface area contributed by atoms with Crippen LogP contribution in [0.1, 0.15) is 54.9 Å². The van der Waals surface area contributed by atoms with Crippen molar-refractivity contribution < 1.29 is 66.6 Å². The molecule has 240 valence electrons. The van der Waals surface area contributed by atoms with Crippen molar-refractivity contribution in [3.8, 4) is 0 Å². The van der Waals surface area contributed by atoms with Gasteiger partial charge in [-0.25, -0.2) is 0 Å². The van der Waals surface area contributed by atoms with Crippen LogP contribution in [0.3, 0.4) is 0 Å². The molecule has 2 aliphatic rings. The SMILES string of the molecule is CC(=O)OCC1O[C@@H](O[C@H]2C(C)C(OC(C)=O)[C@H](OCCCCl)O[C@H]2COC(C)=O)C(OC(C)=O)[C@@H](C)[C@H]1OC(C)=O. The van der Waals surface area contributed by atoms with Crippen LogP contribution in [-0.4, -0.2) is 105 Å². The monoisotopic (exact) mass is 624 g/mol. The second kappa shape index (κ2) is 16.9. The Balaban J connectivity index is 2.45. The molecule has 0 aromatic carbocycles. The van der Waals surface area contributed by atoms with E-state index in [1.165, 1.54) is 34.6 Å². The summed E-state index contributed by atoms with van der Waals surface area (Å²) >= 11 is 5.78. The van der Waals surface area contributed by atoms with Crippen molar-refractivity contribution in [2.24, 2.45) is 11.8 Å². The van der Waals surface area contributed by atoms with E-state index in [9.17, 15) is 24.0 Å². The lowest BCUT2D eigenvalue weighted by Gasteiger charge is -2.48. The molecule has 0 aromatic heterocycles. The molecule has 10 atom stereocenters. The first-order valence-electron chi connectivity index (χ1n) is 13.7. The summed E-state index contributed by atoms with van der Waals surface area (Å²) in [6.45, 7) is 9.15. The minimum Gasteiger partial charge on any atom is -0.463 e. The van der Waals surface area contributed by atoms with E-state index in [0.717, 1.165) is 0 Å². The minimum atomic E-state index is -1.29. The van der Waals surface area contributed by atoms with Gasteiger partial charge in [-0.2, -0.15) is 0 Å². The van der Waals surface area contributed by atoms with Crippen molar-refractivity contribution >= 4 is 41.4 Å². The molecule has 0 saturated carbocycles. The van der Waals surface area contributed by atoms with Gasteiger partial charge in [0, 0.05) is 52.3 Å². The Morgan fingerprint density at radius 1 is 0.619 bits per heavy atom. The zero-order chi connectivity index (χ0) is 31.6. The number of hydrogen-bond donors (Lipinski definition) is 0. The molecule has 2 fully saturated rings. The van der Waals surface area contributed by atoms with Crippen LogP contribution in [0.25, 0.3) is 0 Å². The van der Waals surface area contributed by atoms with Crippen LogP contribution in [0.2, 0.25) is 0 Å². The Bertz CT molecular complexity index is 940. The molecule has 0 aromatic rings. The molecule has 15 heteroatoms. The van der Waals surface area contributed by atoms with E-state index in [4.69, 9.17) is 54.2 Å². The normalized spacial score (nSPS) is 32.8. The van der Waals surface area contributed by atoms with Crippen LogP contribution in [0.5, 0.6) is 0 Å². The van der Waals surface area contributed by atoms with Gasteiger partial charge in [0.05, 0.1) is 12.7 Å². The maximum atomic E-state index is 12.1. The van der Waals surface area contributed by atoms with Gasteiger partial charge < -0.3 is 42.6 Å². The van der Waals surface area contributed by atoms with Gasteiger partial charge in [0.2, 0.25) is 0 Å². The molecule has 0 spiro atoms. The number of ether oxygens (including phenoxy) is 9. The van der Waals surface area contributed by atoms with Crippen molar-refractivity contribution in [2.75, 3.05) is 25.7 Å². The second-order valence-corrected chi connectivity index (χ2v) is 10.5. The lowest BCUT2D eigenvalue weighted by molar-refractivity contribution is -0.348. The quantitative estimate of drug-likeness (QED) is 0.125. The van der Waals surface area contributed by atoms with Crippen molar-refractivity contribution in [3.63, 3.8) is 0 Å². The van der Waals surface area contributed by atoms with E-state index in [2.05, 4.69) is 0 Å². The third-order valence-electron chi connectivity index (χ3n) is 6.62. The van der Waals surface area contributed by atoms with Gasteiger partial charge >= 0.3 is 29.8 Å². The summed E-state index contributed by atoms with van der Waals surface area (Å²) in [4.78, 5) is 59.2. The number of esters is 5. The predicted molar refractivity (Wildman–Crippen MR) is 142 cm³/mol. The lowest BCUT2D eigenvalue weighted by atomic mass is 9.88. The Morgan fingerprint density at radius 3 is 1.52 bits per heavy atom. The smallest absolute Gasteiger partial charge is 0.303 e. The Hall–Kier alpha value is -2.52. The molecule has 42 heavy (non-hydrogen) atoms. The fraction of sp³-hybridized carbons (Fsp3) is 0.815. The van der Waals surface area contributed by atoms with Gasteiger partial charge in [0.25, 0.3) is 0 Å². The summed E-state index contributed by atoms with van der Waals surface area (Å²) in [5, 5.41) is 0. The third-order valence-corrected chi connectivity index (χ3v) is 6.89. The second-order valence-electron chi connectivity index (χ2n) is 10.1. The highest BCUT2D eigenvalue weighted by molar-refractivity contribution is 6.17. The van der Waals surface area contributed by atoms with Gasteiger partial charge in [0.1, 0.15) is 31.5 Å². The lowest BCUT2D eigenvalue weighted by Crippen LogP contribution is -2.62. The molecule has 4 unspecified atom stereocenters. The highest BCUT2D eigenvalue weighted by Crippen LogP contribution is 2.37. The summed E-state index contributed by atoms with van der Waals surface area (Å²) in [5.41, 5.74) is 0. The zero-order valence-corrected chi connectivity index (χ0v) is 25.7. The van der Waals surface area contributed by atoms with Gasteiger partial charge in [-0.3, -0.25) is 24.0 Å². The highest BCUT2D eigenvalue weighted by Gasteiger charge is 2.53. The molecule has 0 bridgehead atoms. The van der Waals surface area contributed by atoms with E-state index in [0.29, 0.717) is 12.3 Å². The Labute approximate surface area is 249 Å². The maximum absolute atomic E-state index is 12.1. The number of halogens is 1. The first-order valence-corrected chi connectivity index (χ1v) is 14.2. The largest absolute Gasteiger partial charge is 0.463 e. The number of hydrogen-bond acceptors (Lipinski definition) is 14. The van der Waals surface area contributed by atoms with E-state index in [1.807, 2.05) is 0 Å². The average Bonchev–Trinajstić information content (AvgIpc) is 2.88. The number of carbonyl (C=O) groups is 5. The molecule has 0 amide bonds. The number of rotatable bonds is 13. The van der Waals surface area contributed by atoms with E-state index < -0.39 is 90.9 Å². The Morgan fingerprint density at radius 2 is 1.05 bits per heavy atom. The van der Waals surface area contributed by atoms with Crippen molar-refractivity contribution in [1.82, 2.24) is 0 Å². The summed E-state index contributed by atoms with van der Waals surface area (Å²) in [5.74, 6) is -4.00. The van der Waals surface area contributed by atoms with Crippen molar-refractivity contribution in [1.29, 1.82) is 0 Å². The van der Waals surface area contributed by atoms with Crippen LogP contribution < -0.4 is 0 Å². The zero-order valence-electron chi connectivity index (χ0n) is 24.9. The topological polar surface area (TPSA) is 168 Å². The van der Waals surface area contributed by atoms with Crippen LogP contribution in [0, 0.1) is 11.8 Å². The maximum Gasteiger partial charge on any atom is 0.303 e. The van der Waals surface area contributed by atoms with E-state index in [1.54, 1.807) is 13.8 Å². The molecule has 0 N–H and O–H groups in total. The molecule has 14 nitrogen and oxygen atoms in total. The highest BCUT2D eigenvalue weighted by atomic mass is 35.5. The summed E-state index contributed by atoms with van der Waals surface area (Å²) in [6.07, 6.45) is -7.72. The van der Waals surface area contributed by atoms with Crippen LogP contribution in [0.4, 0.5) is 0 Å². The summed E-state index contributed by atoms with van der Waals surface area (Å²) in [6, 6.07) is 0. The van der Waals surface area contributed by atoms with Gasteiger partial charge in [0.15, 0.2) is 24.8 Å². The van der Waals surface area contributed by atoms with Crippen molar-refractivity contribution in [3.05, 3.63) is 0 Å². The van der Waals surface area contributed by atoms with Gasteiger partial charge in [-0.05, 0) is 6.42 Å². The number of alkyl halides is 1. The first-order chi connectivity index (χ1) is 19.7. The fourth-order valence-corrected chi connectivity index (χ4v) is 4.93. The molecule has 0 aliphatic carbocycles. The van der Waals surface area contributed by atoms with Crippen LogP contribution in [-0.2, 0) is 66.6 Å². The standard InChI is InChI=1S/C27H41ClO14/c1-13-22(37-17(5)31)20(11-35-15(3)29)41-27(25(13)39-19(7)33)42-23-14(2)24(38-18(6)32)26(34-10-8-9-28)40-21(23)12-36-16(4)30/h13-14,20-27H,8-12H2,1-7H3/t13-,14?,20?,21-,22+,23-,24?,25?,26+,27-/m0/s1. The molecule has 2 rings (SSSR count).